The molecule has 0 aliphatic carbocycles. The smallest absolute Gasteiger partial charge is 0.321 e. The van der Waals surface area contributed by atoms with Crippen molar-refractivity contribution in [2.75, 3.05) is 26.0 Å². The number of hydrogen-bond donors (Lipinski definition) is 3. The standard InChI is InChI=1S/C11H14ClN3O3/c1-13-11(17)15-10(16)6-14-7-3-4-9(18-2)8(12)5-7/h3-5,14H,6H2,1-2H3,(H2,13,15,16,17). The van der Waals surface area contributed by atoms with E-state index in [0.29, 0.717) is 16.5 Å². The van der Waals surface area contributed by atoms with Crippen LogP contribution in [-0.2, 0) is 4.79 Å². The molecule has 1 aromatic carbocycles. The average Bonchev–Trinajstić information content (AvgIpc) is 2.36. The SMILES string of the molecule is CNC(=O)NC(=O)CNc1ccc(OC)c(Cl)c1. The molecule has 0 aliphatic heterocycles. The molecule has 0 aliphatic rings. The van der Waals surface area contributed by atoms with Gasteiger partial charge < -0.3 is 15.4 Å². The molecule has 1 aromatic rings. The minimum atomic E-state index is -0.547. The molecule has 0 saturated carbocycles. The lowest BCUT2D eigenvalue weighted by Gasteiger charge is -2.08. The van der Waals surface area contributed by atoms with Gasteiger partial charge in [0.15, 0.2) is 0 Å². The van der Waals surface area contributed by atoms with Crippen molar-refractivity contribution < 1.29 is 14.3 Å². The maximum Gasteiger partial charge on any atom is 0.321 e. The number of halogens is 1. The minimum Gasteiger partial charge on any atom is -0.495 e. The van der Waals surface area contributed by atoms with Gasteiger partial charge in [-0.15, -0.1) is 0 Å². The summed E-state index contributed by atoms with van der Waals surface area (Å²) in [5.41, 5.74) is 0.660. The van der Waals surface area contributed by atoms with Gasteiger partial charge in [0, 0.05) is 12.7 Å². The lowest BCUT2D eigenvalue weighted by Crippen LogP contribution is -2.40. The number of nitrogens with one attached hydrogen (secondary N) is 3. The van der Waals surface area contributed by atoms with E-state index in [0.717, 1.165) is 0 Å². The number of ether oxygens (including phenoxy) is 1. The van der Waals surface area contributed by atoms with E-state index in [2.05, 4.69) is 16.0 Å². The summed E-state index contributed by atoms with van der Waals surface area (Å²) in [6.07, 6.45) is 0. The molecule has 0 aromatic heterocycles. The van der Waals surface area contributed by atoms with E-state index >= 15 is 0 Å². The van der Waals surface area contributed by atoms with Gasteiger partial charge in [0.25, 0.3) is 0 Å². The third-order valence-corrected chi connectivity index (χ3v) is 2.38. The molecule has 0 saturated heterocycles. The Morgan fingerprint density at radius 1 is 1.39 bits per heavy atom. The molecule has 0 fully saturated rings. The van der Waals surface area contributed by atoms with Crippen molar-refractivity contribution in [2.45, 2.75) is 0 Å². The van der Waals surface area contributed by atoms with E-state index in [1.54, 1.807) is 18.2 Å². The lowest BCUT2D eigenvalue weighted by molar-refractivity contribution is -0.118. The van der Waals surface area contributed by atoms with Crippen LogP contribution in [0.5, 0.6) is 5.75 Å². The average molecular weight is 272 g/mol. The number of carbonyl (C=O) groups is 2. The van der Waals surface area contributed by atoms with E-state index in [1.165, 1.54) is 14.2 Å². The summed E-state index contributed by atoms with van der Waals surface area (Å²) in [5, 5.41) is 7.68. The minimum absolute atomic E-state index is 0.0317. The summed E-state index contributed by atoms with van der Waals surface area (Å²) < 4.78 is 5.00. The molecule has 3 amide bonds. The summed E-state index contributed by atoms with van der Waals surface area (Å²) in [7, 11) is 2.95. The fourth-order valence-corrected chi connectivity index (χ4v) is 1.45. The van der Waals surface area contributed by atoms with Crippen molar-refractivity contribution in [3.05, 3.63) is 23.2 Å². The number of anilines is 1. The molecule has 0 unspecified atom stereocenters. The van der Waals surface area contributed by atoms with Crippen LogP contribution >= 0.6 is 11.6 Å². The van der Waals surface area contributed by atoms with Crippen LogP contribution in [0.25, 0.3) is 0 Å². The largest absolute Gasteiger partial charge is 0.495 e. The quantitative estimate of drug-likeness (QED) is 0.769. The summed E-state index contributed by atoms with van der Waals surface area (Å²) in [5.74, 6) is 0.110. The van der Waals surface area contributed by atoms with Gasteiger partial charge in [-0.2, -0.15) is 0 Å². The summed E-state index contributed by atoms with van der Waals surface area (Å²) in [4.78, 5) is 22.2. The zero-order valence-corrected chi connectivity index (χ0v) is 10.8. The van der Waals surface area contributed by atoms with Crippen molar-refractivity contribution >= 4 is 29.2 Å². The molecule has 0 atom stereocenters. The third kappa shape index (κ3) is 4.14. The Kier molecular flexibility index (Phi) is 5.26. The first-order chi connectivity index (χ1) is 8.56. The first-order valence-electron chi connectivity index (χ1n) is 5.15. The van der Waals surface area contributed by atoms with Crippen molar-refractivity contribution in [3.8, 4) is 5.75 Å². The van der Waals surface area contributed by atoms with Gasteiger partial charge in [-0.1, -0.05) is 11.6 Å². The molecule has 0 bridgehead atoms. The van der Waals surface area contributed by atoms with Crippen LogP contribution in [0.3, 0.4) is 0 Å². The Hall–Kier alpha value is -1.95. The van der Waals surface area contributed by atoms with Gasteiger partial charge in [-0.3, -0.25) is 10.1 Å². The van der Waals surface area contributed by atoms with Gasteiger partial charge in [0.05, 0.1) is 18.7 Å². The van der Waals surface area contributed by atoms with Crippen molar-refractivity contribution in [1.82, 2.24) is 10.6 Å². The topological polar surface area (TPSA) is 79.5 Å². The normalized spacial score (nSPS) is 9.50. The molecular weight excluding hydrogens is 258 g/mol. The Balaban J connectivity index is 2.51. The van der Waals surface area contributed by atoms with E-state index in [-0.39, 0.29) is 6.54 Å². The number of benzene rings is 1. The zero-order chi connectivity index (χ0) is 13.5. The monoisotopic (exact) mass is 271 g/mol. The van der Waals surface area contributed by atoms with Crippen molar-refractivity contribution in [1.29, 1.82) is 0 Å². The molecule has 7 heteroatoms. The molecule has 1 rings (SSSR count). The highest BCUT2D eigenvalue weighted by atomic mass is 35.5. The fraction of sp³-hybridized carbons (Fsp3) is 0.273. The van der Waals surface area contributed by atoms with Gasteiger partial charge >= 0.3 is 6.03 Å². The molecule has 3 N–H and O–H groups in total. The molecule has 98 valence electrons. The number of imide groups is 1. The number of hydrogen-bond acceptors (Lipinski definition) is 4. The van der Waals surface area contributed by atoms with Gasteiger partial charge in [-0.05, 0) is 18.2 Å². The van der Waals surface area contributed by atoms with E-state index in [4.69, 9.17) is 16.3 Å². The number of methoxy groups -OCH3 is 1. The summed E-state index contributed by atoms with van der Waals surface area (Å²) in [6, 6.07) is 4.49. The second-order valence-corrected chi connectivity index (χ2v) is 3.74. The van der Waals surface area contributed by atoms with Crippen LogP contribution in [0.1, 0.15) is 0 Å². The van der Waals surface area contributed by atoms with Crippen LogP contribution < -0.4 is 20.7 Å². The van der Waals surface area contributed by atoms with Gasteiger partial charge in [0.2, 0.25) is 5.91 Å². The third-order valence-electron chi connectivity index (χ3n) is 2.08. The van der Waals surface area contributed by atoms with Crippen LogP contribution in [0.15, 0.2) is 18.2 Å². The highest BCUT2D eigenvalue weighted by Crippen LogP contribution is 2.26. The fourth-order valence-electron chi connectivity index (χ4n) is 1.19. The number of amides is 3. The maximum absolute atomic E-state index is 11.3. The maximum atomic E-state index is 11.3. The molecule has 18 heavy (non-hydrogen) atoms. The first-order valence-corrected chi connectivity index (χ1v) is 5.53. The highest BCUT2D eigenvalue weighted by molar-refractivity contribution is 6.32. The summed E-state index contributed by atoms with van der Waals surface area (Å²) >= 11 is 5.92. The molecule has 0 radical (unpaired) electrons. The lowest BCUT2D eigenvalue weighted by atomic mass is 10.3. The molecule has 0 spiro atoms. The Morgan fingerprint density at radius 3 is 2.67 bits per heavy atom. The van der Waals surface area contributed by atoms with Crippen LogP contribution in [0, 0.1) is 0 Å². The van der Waals surface area contributed by atoms with Crippen LogP contribution in [0.4, 0.5) is 10.5 Å². The van der Waals surface area contributed by atoms with Gasteiger partial charge in [0.1, 0.15) is 5.75 Å². The van der Waals surface area contributed by atoms with E-state index in [1.807, 2.05) is 0 Å². The summed E-state index contributed by atoms with van der Waals surface area (Å²) in [6.45, 7) is -0.0317. The second-order valence-electron chi connectivity index (χ2n) is 3.33. The first kappa shape index (κ1) is 14.1. The molecule has 0 heterocycles. The number of urea groups is 1. The van der Waals surface area contributed by atoms with Crippen molar-refractivity contribution in [2.24, 2.45) is 0 Å². The molecular formula is C11H14ClN3O3. The zero-order valence-electron chi connectivity index (χ0n) is 10.0. The van der Waals surface area contributed by atoms with E-state index < -0.39 is 11.9 Å². The second kappa shape index (κ2) is 6.70. The Bertz CT molecular complexity index is 451. The predicted octanol–water partition coefficient (Wildman–Crippen LogP) is 1.22. The van der Waals surface area contributed by atoms with E-state index in [9.17, 15) is 9.59 Å². The molecule has 6 nitrogen and oxygen atoms in total. The number of rotatable bonds is 4. The highest BCUT2D eigenvalue weighted by Gasteiger charge is 2.06. The van der Waals surface area contributed by atoms with Crippen LogP contribution in [-0.4, -0.2) is 32.6 Å². The Labute approximate surface area is 110 Å². The predicted molar refractivity (Wildman–Crippen MR) is 69.1 cm³/mol. The van der Waals surface area contributed by atoms with Gasteiger partial charge in [-0.25, -0.2) is 4.79 Å². The Morgan fingerprint density at radius 2 is 2.11 bits per heavy atom. The van der Waals surface area contributed by atoms with Crippen molar-refractivity contribution in [3.63, 3.8) is 0 Å². The number of carbonyl (C=O) groups excluding carboxylic acids is 2. The van der Waals surface area contributed by atoms with Crippen LogP contribution in [0.2, 0.25) is 5.02 Å².